The Bertz CT molecular complexity index is 802. The quantitative estimate of drug-likeness (QED) is 0.825. The van der Waals surface area contributed by atoms with Gasteiger partial charge < -0.3 is 9.64 Å². The zero-order valence-corrected chi connectivity index (χ0v) is 14.6. The average Bonchev–Trinajstić information content (AvgIpc) is 2.93. The first-order valence-electron chi connectivity index (χ1n) is 8.28. The van der Waals surface area contributed by atoms with Crippen molar-refractivity contribution in [3.8, 4) is 0 Å². The van der Waals surface area contributed by atoms with Crippen LogP contribution in [-0.4, -0.2) is 37.4 Å². The summed E-state index contributed by atoms with van der Waals surface area (Å²) in [5, 5.41) is 0.644. The van der Waals surface area contributed by atoms with Crippen LogP contribution in [0.4, 0.5) is 0 Å². The summed E-state index contributed by atoms with van der Waals surface area (Å²) in [6.45, 7) is 0.874. The van der Waals surface area contributed by atoms with Crippen LogP contribution in [0.2, 0.25) is 5.02 Å². The van der Waals surface area contributed by atoms with Crippen molar-refractivity contribution >= 4 is 17.4 Å². The lowest BCUT2D eigenvalue weighted by atomic mass is 9.87. The predicted octanol–water partition coefficient (Wildman–Crippen LogP) is 4.06. The van der Waals surface area contributed by atoms with Crippen LogP contribution in [0.3, 0.4) is 0 Å². The molecule has 0 unspecified atom stereocenters. The molecule has 1 aliphatic heterocycles. The fraction of sp³-hybridized carbons (Fsp3) is 0.350. The Kier molecular flexibility index (Phi) is 3.95. The van der Waals surface area contributed by atoms with Crippen molar-refractivity contribution in [2.45, 2.75) is 24.5 Å². The van der Waals surface area contributed by atoms with Gasteiger partial charge in [0.15, 0.2) is 5.78 Å². The summed E-state index contributed by atoms with van der Waals surface area (Å²) in [7, 11) is 4.11. The zero-order chi connectivity index (χ0) is 16.8. The van der Waals surface area contributed by atoms with Gasteiger partial charge in [0, 0.05) is 28.6 Å². The highest BCUT2D eigenvalue weighted by molar-refractivity contribution is 6.30. The van der Waals surface area contributed by atoms with Gasteiger partial charge in [-0.15, -0.1) is 0 Å². The van der Waals surface area contributed by atoms with Crippen LogP contribution in [0.25, 0.3) is 0 Å². The van der Waals surface area contributed by atoms with Crippen molar-refractivity contribution < 1.29 is 9.53 Å². The van der Waals surface area contributed by atoms with E-state index in [1.807, 2.05) is 30.3 Å². The van der Waals surface area contributed by atoms with E-state index >= 15 is 0 Å². The van der Waals surface area contributed by atoms with E-state index < -0.39 is 0 Å². The number of carbonyl (C=O) groups is 1. The van der Waals surface area contributed by atoms with Gasteiger partial charge in [0.25, 0.3) is 0 Å². The van der Waals surface area contributed by atoms with E-state index in [1.54, 1.807) is 6.07 Å². The van der Waals surface area contributed by atoms with E-state index in [0.29, 0.717) is 10.6 Å². The number of benzene rings is 2. The number of hydrogen-bond acceptors (Lipinski definition) is 3. The fourth-order valence-corrected chi connectivity index (χ4v) is 4.20. The molecular weight excluding hydrogens is 322 g/mol. The van der Waals surface area contributed by atoms with Crippen molar-refractivity contribution in [3.63, 3.8) is 0 Å². The molecule has 1 saturated heterocycles. The topological polar surface area (TPSA) is 29.5 Å². The maximum atomic E-state index is 13.0. The number of ketones is 1. The predicted molar refractivity (Wildman–Crippen MR) is 94.9 cm³/mol. The molecule has 2 aromatic carbocycles. The molecule has 0 saturated carbocycles. The molecule has 4 rings (SSSR count). The van der Waals surface area contributed by atoms with Crippen LogP contribution in [-0.2, 0) is 4.74 Å². The highest BCUT2D eigenvalue weighted by Crippen LogP contribution is 2.49. The van der Waals surface area contributed by atoms with Gasteiger partial charge in [-0.2, -0.15) is 0 Å². The average molecular weight is 342 g/mol. The highest BCUT2D eigenvalue weighted by Gasteiger charge is 2.42. The van der Waals surface area contributed by atoms with Gasteiger partial charge in [0.2, 0.25) is 0 Å². The van der Waals surface area contributed by atoms with E-state index in [-0.39, 0.29) is 23.9 Å². The standard InChI is InChI=1S/C20H20ClNO2/c1-22(2)11-13-10-18-14-5-3-4-6-15(14)19(23)16-8-7-12(21)9-17(16)20(18)24-13/h3-9,13,18,20H,10-11H2,1-2H3/t13-,18-,20-/m1/s1. The normalized spacial score (nSPS) is 25.2. The van der Waals surface area contributed by atoms with Crippen molar-refractivity contribution in [1.82, 2.24) is 4.90 Å². The zero-order valence-electron chi connectivity index (χ0n) is 13.8. The monoisotopic (exact) mass is 341 g/mol. The minimum atomic E-state index is -0.115. The minimum Gasteiger partial charge on any atom is -0.368 e. The van der Waals surface area contributed by atoms with E-state index in [9.17, 15) is 4.79 Å². The molecule has 0 aromatic heterocycles. The number of carbonyl (C=O) groups excluding carboxylic acids is 1. The molecule has 3 nitrogen and oxygen atoms in total. The van der Waals surface area contributed by atoms with Crippen LogP contribution in [0.15, 0.2) is 42.5 Å². The molecule has 1 aliphatic carbocycles. The molecule has 2 aliphatic rings. The largest absolute Gasteiger partial charge is 0.368 e. The second kappa shape index (κ2) is 5.99. The van der Waals surface area contributed by atoms with Crippen LogP contribution in [0, 0.1) is 0 Å². The lowest BCUT2D eigenvalue weighted by Crippen LogP contribution is -2.25. The third kappa shape index (κ3) is 2.57. The van der Waals surface area contributed by atoms with Gasteiger partial charge in [-0.05, 0) is 49.8 Å². The number of likely N-dealkylation sites (N-methyl/N-ethyl adjacent to an activating group) is 1. The molecule has 2 aromatic rings. The van der Waals surface area contributed by atoms with Crippen molar-refractivity contribution in [1.29, 1.82) is 0 Å². The lowest BCUT2D eigenvalue weighted by Gasteiger charge is -2.20. The van der Waals surface area contributed by atoms with Crippen molar-refractivity contribution in [3.05, 3.63) is 69.7 Å². The van der Waals surface area contributed by atoms with E-state index in [0.717, 1.165) is 29.7 Å². The molecule has 0 N–H and O–H groups in total. The van der Waals surface area contributed by atoms with E-state index in [1.165, 1.54) is 0 Å². The number of nitrogens with zero attached hydrogens (tertiary/aromatic N) is 1. The molecule has 0 radical (unpaired) electrons. The van der Waals surface area contributed by atoms with E-state index in [4.69, 9.17) is 16.3 Å². The van der Waals surface area contributed by atoms with Gasteiger partial charge in [0.1, 0.15) is 0 Å². The van der Waals surface area contributed by atoms with Gasteiger partial charge >= 0.3 is 0 Å². The van der Waals surface area contributed by atoms with Gasteiger partial charge in [-0.25, -0.2) is 0 Å². The molecule has 1 fully saturated rings. The van der Waals surface area contributed by atoms with Gasteiger partial charge in [0.05, 0.1) is 12.2 Å². The molecule has 0 amide bonds. The Morgan fingerprint density at radius 3 is 2.67 bits per heavy atom. The lowest BCUT2D eigenvalue weighted by molar-refractivity contribution is 0.0271. The Balaban J connectivity index is 1.87. The molecule has 0 bridgehead atoms. The SMILES string of the molecule is CN(C)C[C@H]1C[C@@H]2c3ccccc3C(=O)c3ccc(Cl)cc3[C@H]2O1. The van der Waals surface area contributed by atoms with Crippen LogP contribution < -0.4 is 0 Å². The summed E-state index contributed by atoms with van der Waals surface area (Å²) in [4.78, 5) is 15.2. The second-order valence-electron chi connectivity index (χ2n) is 6.93. The molecular formula is C20H20ClNO2. The summed E-state index contributed by atoms with van der Waals surface area (Å²) in [5.74, 6) is 0.259. The number of fused-ring (bicyclic) bond motifs is 5. The first-order chi connectivity index (χ1) is 11.5. The molecule has 1 heterocycles. The first kappa shape index (κ1) is 15.8. The maximum Gasteiger partial charge on any atom is 0.193 e. The summed E-state index contributed by atoms with van der Waals surface area (Å²) < 4.78 is 6.39. The van der Waals surface area contributed by atoms with Gasteiger partial charge in [-0.1, -0.05) is 35.9 Å². The molecule has 24 heavy (non-hydrogen) atoms. The Hall–Kier alpha value is -1.68. The minimum absolute atomic E-state index is 0.0689. The Morgan fingerprint density at radius 1 is 1.12 bits per heavy atom. The van der Waals surface area contributed by atoms with Crippen LogP contribution in [0.1, 0.15) is 45.5 Å². The molecule has 3 atom stereocenters. The summed E-state index contributed by atoms with van der Waals surface area (Å²) in [6.07, 6.45) is 0.957. The van der Waals surface area contributed by atoms with Crippen LogP contribution >= 0.6 is 11.6 Å². The summed E-state index contributed by atoms with van der Waals surface area (Å²) in [6, 6.07) is 13.5. The third-order valence-corrected chi connectivity index (χ3v) is 5.19. The van der Waals surface area contributed by atoms with Crippen molar-refractivity contribution in [2.24, 2.45) is 0 Å². The summed E-state index contributed by atoms with van der Waals surface area (Å²) in [5.41, 5.74) is 3.53. The maximum absolute atomic E-state index is 13.0. The van der Waals surface area contributed by atoms with Crippen molar-refractivity contribution in [2.75, 3.05) is 20.6 Å². The molecule has 0 spiro atoms. The Morgan fingerprint density at radius 2 is 1.88 bits per heavy atom. The smallest absolute Gasteiger partial charge is 0.193 e. The number of ether oxygens (including phenoxy) is 1. The molecule has 4 heteroatoms. The molecule has 124 valence electrons. The number of hydrogen-bond donors (Lipinski definition) is 0. The Labute approximate surface area is 147 Å². The summed E-state index contributed by atoms with van der Waals surface area (Å²) >= 11 is 6.22. The van der Waals surface area contributed by atoms with E-state index in [2.05, 4.69) is 25.1 Å². The highest BCUT2D eigenvalue weighted by atomic mass is 35.5. The fourth-order valence-electron chi connectivity index (χ4n) is 4.02. The third-order valence-electron chi connectivity index (χ3n) is 4.96. The van der Waals surface area contributed by atoms with Crippen LogP contribution in [0.5, 0.6) is 0 Å². The number of rotatable bonds is 2. The number of halogens is 1. The first-order valence-corrected chi connectivity index (χ1v) is 8.65. The van der Waals surface area contributed by atoms with Gasteiger partial charge in [-0.3, -0.25) is 4.79 Å². The second-order valence-corrected chi connectivity index (χ2v) is 7.37.